The molecule has 0 atom stereocenters. The molecule has 1 amide bonds. The van der Waals surface area contributed by atoms with E-state index in [1.807, 2.05) is 12.1 Å². The fourth-order valence-electron chi connectivity index (χ4n) is 2.50. The highest BCUT2D eigenvalue weighted by Gasteiger charge is 2.12. The highest BCUT2D eigenvalue weighted by atomic mass is 35.5. The van der Waals surface area contributed by atoms with Crippen molar-refractivity contribution in [2.75, 3.05) is 18.4 Å². The number of hydrogen-bond acceptors (Lipinski definition) is 2. The average molecular weight is 283 g/mol. The van der Waals surface area contributed by atoms with Gasteiger partial charge in [0.1, 0.15) is 0 Å². The number of piperidine rings is 1. The largest absolute Gasteiger partial charge is 0.326 e. The van der Waals surface area contributed by atoms with E-state index in [1.165, 1.54) is 44.8 Å². The van der Waals surface area contributed by atoms with Crippen molar-refractivity contribution in [2.45, 2.75) is 32.6 Å². The normalized spacial score (nSPS) is 15.6. The van der Waals surface area contributed by atoms with Crippen LogP contribution in [0.1, 0.15) is 31.7 Å². The van der Waals surface area contributed by atoms with Crippen molar-refractivity contribution in [1.29, 1.82) is 0 Å². The molecule has 0 radical (unpaired) electrons. The minimum atomic E-state index is -0.0162. The second kappa shape index (κ2) is 8.18. The topological polar surface area (TPSA) is 41.1 Å². The number of rotatable bonds is 4. The van der Waals surface area contributed by atoms with Gasteiger partial charge in [-0.25, -0.2) is 0 Å². The summed E-state index contributed by atoms with van der Waals surface area (Å²) in [5, 5.41) is 6.19. The van der Waals surface area contributed by atoms with Crippen molar-refractivity contribution in [3.63, 3.8) is 0 Å². The molecule has 0 aromatic heterocycles. The van der Waals surface area contributed by atoms with Gasteiger partial charge in [-0.1, -0.05) is 12.1 Å². The van der Waals surface area contributed by atoms with Crippen LogP contribution in [0.25, 0.3) is 0 Å². The maximum absolute atomic E-state index is 10.9. The van der Waals surface area contributed by atoms with E-state index in [9.17, 15) is 4.79 Å². The fourth-order valence-corrected chi connectivity index (χ4v) is 2.50. The maximum Gasteiger partial charge on any atom is 0.221 e. The number of carbonyl (C=O) groups excluding carboxylic acids is 1. The van der Waals surface area contributed by atoms with Gasteiger partial charge in [0, 0.05) is 12.6 Å². The molecule has 0 unspecified atom stereocenters. The second-order valence-electron chi connectivity index (χ2n) is 5.11. The van der Waals surface area contributed by atoms with E-state index in [0.717, 1.165) is 18.0 Å². The Morgan fingerprint density at radius 3 is 2.47 bits per heavy atom. The van der Waals surface area contributed by atoms with E-state index >= 15 is 0 Å². The summed E-state index contributed by atoms with van der Waals surface area (Å²) in [6.45, 7) is 3.88. The quantitative estimate of drug-likeness (QED) is 0.891. The Balaban J connectivity index is 0.00000180. The molecule has 1 heterocycles. The summed E-state index contributed by atoms with van der Waals surface area (Å²) in [5.74, 6) is 0.860. The Labute approximate surface area is 121 Å². The Morgan fingerprint density at radius 1 is 1.26 bits per heavy atom. The minimum absolute atomic E-state index is 0. The van der Waals surface area contributed by atoms with Crippen LogP contribution in [-0.4, -0.2) is 19.0 Å². The Bertz CT molecular complexity index is 386. The first-order chi connectivity index (χ1) is 8.74. The van der Waals surface area contributed by atoms with Gasteiger partial charge in [0.25, 0.3) is 0 Å². The third kappa shape index (κ3) is 5.62. The van der Waals surface area contributed by atoms with Crippen molar-refractivity contribution < 1.29 is 4.79 Å². The van der Waals surface area contributed by atoms with Crippen LogP contribution in [0.15, 0.2) is 24.3 Å². The predicted molar refractivity (Wildman–Crippen MR) is 81.9 cm³/mol. The summed E-state index contributed by atoms with van der Waals surface area (Å²) < 4.78 is 0. The lowest BCUT2D eigenvalue weighted by atomic mass is 9.91. The van der Waals surface area contributed by atoms with Crippen molar-refractivity contribution in [3.05, 3.63) is 29.8 Å². The van der Waals surface area contributed by atoms with Gasteiger partial charge in [0.2, 0.25) is 5.91 Å². The molecule has 1 aliphatic rings. The lowest BCUT2D eigenvalue weighted by Crippen LogP contribution is -2.27. The molecule has 19 heavy (non-hydrogen) atoms. The molecule has 4 heteroatoms. The zero-order valence-electron chi connectivity index (χ0n) is 11.4. The van der Waals surface area contributed by atoms with E-state index in [4.69, 9.17) is 0 Å². The number of carbonyl (C=O) groups is 1. The molecule has 1 saturated heterocycles. The first-order valence-electron chi connectivity index (χ1n) is 6.81. The lowest BCUT2D eigenvalue weighted by molar-refractivity contribution is -0.114. The van der Waals surface area contributed by atoms with Gasteiger partial charge < -0.3 is 10.6 Å². The zero-order valence-corrected chi connectivity index (χ0v) is 12.3. The van der Waals surface area contributed by atoms with Crippen LogP contribution in [0.3, 0.4) is 0 Å². The number of aryl methyl sites for hydroxylation is 1. The van der Waals surface area contributed by atoms with E-state index < -0.39 is 0 Å². The second-order valence-corrected chi connectivity index (χ2v) is 5.11. The zero-order chi connectivity index (χ0) is 12.8. The van der Waals surface area contributed by atoms with Crippen molar-refractivity contribution >= 4 is 24.0 Å². The van der Waals surface area contributed by atoms with Crippen LogP contribution >= 0.6 is 12.4 Å². The molecule has 1 aromatic rings. The molecule has 1 fully saturated rings. The average Bonchev–Trinajstić information content (AvgIpc) is 2.38. The van der Waals surface area contributed by atoms with Crippen LogP contribution in [0, 0.1) is 5.92 Å². The maximum atomic E-state index is 10.9. The first-order valence-corrected chi connectivity index (χ1v) is 6.81. The van der Waals surface area contributed by atoms with Gasteiger partial charge in [0.15, 0.2) is 0 Å². The highest BCUT2D eigenvalue weighted by Crippen LogP contribution is 2.19. The predicted octanol–water partition coefficient (Wildman–Crippen LogP) is 3.00. The standard InChI is InChI=1S/C15H22N2O.ClH/c1-12(18)17-15-6-4-13(5-7-15)2-3-14-8-10-16-11-9-14;/h4-7,14,16H,2-3,8-11H2,1H3,(H,17,18);1H. The summed E-state index contributed by atoms with van der Waals surface area (Å²) in [5.41, 5.74) is 2.25. The lowest BCUT2D eigenvalue weighted by Gasteiger charge is -2.22. The van der Waals surface area contributed by atoms with Gasteiger partial charge in [-0.05, 0) is 62.4 Å². The van der Waals surface area contributed by atoms with Gasteiger partial charge in [-0.3, -0.25) is 4.79 Å². The van der Waals surface area contributed by atoms with Crippen LogP contribution < -0.4 is 10.6 Å². The number of amides is 1. The number of hydrogen-bond donors (Lipinski definition) is 2. The Hall–Kier alpha value is -1.06. The molecule has 2 rings (SSSR count). The first kappa shape index (κ1) is 16.0. The molecule has 0 spiro atoms. The third-order valence-corrected chi connectivity index (χ3v) is 3.57. The van der Waals surface area contributed by atoms with Gasteiger partial charge in [-0.15, -0.1) is 12.4 Å². The summed E-state index contributed by atoms with van der Waals surface area (Å²) >= 11 is 0. The van der Waals surface area contributed by atoms with Crippen molar-refractivity contribution in [2.24, 2.45) is 5.92 Å². The molecule has 1 aromatic carbocycles. The van der Waals surface area contributed by atoms with Gasteiger partial charge in [0.05, 0.1) is 0 Å². The molecular weight excluding hydrogens is 260 g/mol. The van der Waals surface area contributed by atoms with E-state index in [2.05, 4.69) is 22.8 Å². The van der Waals surface area contributed by atoms with E-state index in [-0.39, 0.29) is 18.3 Å². The third-order valence-electron chi connectivity index (χ3n) is 3.57. The highest BCUT2D eigenvalue weighted by molar-refractivity contribution is 5.88. The minimum Gasteiger partial charge on any atom is -0.326 e. The van der Waals surface area contributed by atoms with Crippen LogP contribution in [0.5, 0.6) is 0 Å². The number of benzene rings is 1. The Morgan fingerprint density at radius 2 is 1.89 bits per heavy atom. The van der Waals surface area contributed by atoms with Crippen molar-refractivity contribution in [3.8, 4) is 0 Å². The van der Waals surface area contributed by atoms with Crippen molar-refractivity contribution in [1.82, 2.24) is 5.32 Å². The van der Waals surface area contributed by atoms with Gasteiger partial charge >= 0.3 is 0 Å². The number of anilines is 1. The Kier molecular flexibility index (Phi) is 6.89. The van der Waals surface area contributed by atoms with E-state index in [0.29, 0.717) is 0 Å². The summed E-state index contributed by atoms with van der Waals surface area (Å²) in [6, 6.07) is 8.21. The smallest absolute Gasteiger partial charge is 0.221 e. The van der Waals surface area contributed by atoms with Gasteiger partial charge in [-0.2, -0.15) is 0 Å². The molecule has 0 bridgehead atoms. The van der Waals surface area contributed by atoms with Crippen LogP contribution in [0.2, 0.25) is 0 Å². The summed E-state index contributed by atoms with van der Waals surface area (Å²) in [6.07, 6.45) is 5.04. The van der Waals surface area contributed by atoms with Crippen LogP contribution in [0.4, 0.5) is 5.69 Å². The number of halogens is 1. The molecule has 1 aliphatic heterocycles. The molecular formula is C15H23ClN2O. The molecule has 3 nitrogen and oxygen atoms in total. The molecule has 0 aliphatic carbocycles. The number of nitrogens with one attached hydrogen (secondary N) is 2. The molecule has 2 N–H and O–H groups in total. The van der Waals surface area contributed by atoms with Crippen LogP contribution in [-0.2, 0) is 11.2 Å². The SMILES string of the molecule is CC(=O)Nc1ccc(CCC2CCNCC2)cc1.Cl. The monoisotopic (exact) mass is 282 g/mol. The van der Waals surface area contributed by atoms with E-state index in [1.54, 1.807) is 0 Å². The summed E-state index contributed by atoms with van der Waals surface area (Å²) in [7, 11) is 0. The fraction of sp³-hybridized carbons (Fsp3) is 0.533. The molecule has 106 valence electrons. The summed E-state index contributed by atoms with van der Waals surface area (Å²) in [4.78, 5) is 10.9. The molecule has 0 saturated carbocycles.